The van der Waals surface area contributed by atoms with Crippen LogP contribution < -0.4 is 20.7 Å². The molecule has 0 fully saturated rings. The van der Waals surface area contributed by atoms with Gasteiger partial charge in [-0.3, -0.25) is 9.79 Å². The lowest BCUT2D eigenvalue weighted by atomic mass is 10.3. The molecule has 0 radical (unpaired) electrons. The van der Waals surface area contributed by atoms with Crippen molar-refractivity contribution in [1.82, 2.24) is 10.6 Å². The van der Waals surface area contributed by atoms with E-state index in [1.807, 2.05) is 31.2 Å². The molecule has 0 atom stereocenters. The van der Waals surface area contributed by atoms with Gasteiger partial charge >= 0.3 is 0 Å². The van der Waals surface area contributed by atoms with E-state index in [1.54, 1.807) is 14.2 Å². The number of methoxy groups -OCH3 is 1. The van der Waals surface area contributed by atoms with Crippen molar-refractivity contribution < 1.29 is 14.3 Å². The molecule has 0 saturated carbocycles. The maximum atomic E-state index is 11.6. The molecule has 0 saturated heterocycles. The molecule has 0 unspecified atom stereocenters. The summed E-state index contributed by atoms with van der Waals surface area (Å²) in [5.74, 6) is 1.24. The number of hydrogen-bond donors (Lipinski definition) is 3. The number of ether oxygens (including phenoxy) is 2. The van der Waals surface area contributed by atoms with Gasteiger partial charge in [0.15, 0.2) is 5.96 Å². The number of hydrogen-bond acceptors (Lipinski definition) is 4. The number of carbonyl (C=O) groups excluding carboxylic acids is 1. The Morgan fingerprint density at radius 1 is 1.25 bits per heavy atom. The van der Waals surface area contributed by atoms with Crippen LogP contribution in [0.1, 0.15) is 19.8 Å². The smallest absolute Gasteiger partial charge is 0.239 e. The van der Waals surface area contributed by atoms with Gasteiger partial charge < -0.3 is 25.4 Å². The quantitative estimate of drug-likeness (QED) is 0.343. The molecule has 1 amide bonds. The monoisotopic (exact) mass is 336 g/mol. The SMILES string of the molecule is CCCNC(=O)CNC(=NC)Nc1cccc(OCCCOC)c1. The van der Waals surface area contributed by atoms with Crippen molar-refractivity contribution in [2.24, 2.45) is 4.99 Å². The highest BCUT2D eigenvalue weighted by atomic mass is 16.5. The highest BCUT2D eigenvalue weighted by molar-refractivity contribution is 5.95. The molecule has 1 rings (SSSR count). The molecule has 3 N–H and O–H groups in total. The number of guanidine groups is 1. The predicted molar refractivity (Wildman–Crippen MR) is 96.7 cm³/mol. The molecule has 0 aliphatic heterocycles. The molecular weight excluding hydrogens is 308 g/mol. The summed E-state index contributed by atoms with van der Waals surface area (Å²) in [4.78, 5) is 15.7. The third kappa shape index (κ3) is 8.38. The topological polar surface area (TPSA) is 84.0 Å². The van der Waals surface area contributed by atoms with Crippen molar-refractivity contribution in [3.05, 3.63) is 24.3 Å². The number of benzene rings is 1. The van der Waals surface area contributed by atoms with Crippen LogP contribution in [0.15, 0.2) is 29.3 Å². The van der Waals surface area contributed by atoms with E-state index in [9.17, 15) is 4.79 Å². The Hall–Kier alpha value is -2.28. The van der Waals surface area contributed by atoms with E-state index in [1.165, 1.54) is 0 Å². The van der Waals surface area contributed by atoms with Gasteiger partial charge in [-0.2, -0.15) is 0 Å². The molecule has 0 aliphatic carbocycles. The summed E-state index contributed by atoms with van der Waals surface area (Å²) in [5, 5.41) is 8.92. The molecule has 7 nitrogen and oxygen atoms in total. The zero-order valence-electron chi connectivity index (χ0n) is 14.7. The Labute approximate surface area is 143 Å². The largest absolute Gasteiger partial charge is 0.493 e. The standard InChI is InChI=1S/C17H28N4O3/c1-4-9-19-16(22)13-20-17(18-2)21-14-7-5-8-15(12-14)24-11-6-10-23-3/h5,7-8,12H,4,6,9-11,13H2,1-3H3,(H,19,22)(H2,18,20,21). The number of anilines is 1. The van der Waals surface area contributed by atoms with Crippen LogP contribution in [0.3, 0.4) is 0 Å². The third-order valence-corrected chi connectivity index (χ3v) is 3.07. The number of nitrogens with one attached hydrogen (secondary N) is 3. The minimum Gasteiger partial charge on any atom is -0.493 e. The Balaban J connectivity index is 2.46. The second kappa shape index (κ2) is 12.2. The summed E-state index contributed by atoms with van der Waals surface area (Å²) in [6.45, 7) is 4.14. The molecule has 7 heteroatoms. The molecule has 0 aromatic heterocycles. The van der Waals surface area contributed by atoms with Crippen molar-refractivity contribution in [2.75, 3.05) is 45.8 Å². The van der Waals surface area contributed by atoms with Gasteiger partial charge in [-0.25, -0.2) is 0 Å². The van der Waals surface area contributed by atoms with E-state index >= 15 is 0 Å². The summed E-state index contributed by atoms with van der Waals surface area (Å²) >= 11 is 0. The fourth-order valence-electron chi connectivity index (χ4n) is 1.86. The highest BCUT2D eigenvalue weighted by Crippen LogP contribution is 2.17. The second-order valence-corrected chi connectivity index (χ2v) is 5.12. The first-order chi connectivity index (χ1) is 11.7. The van der Waals surface area contributed by atoms with Gasteiger partial charge in [0.05, 0.1) is 13.2 Å². The summed E-state index contributed by atoms with van der Waals surface area (Å²) in [5.41, 5.74) is 0.835. The van der Waals surface area contributed by atoms with E-state index in [0.29, 0.717) is 25.7 Å². The van der Waals surface area contributed by atoms with Gasteiger partial charge in [-0.05, 0) is 18.6 Å². The highest BCUT2D eigenvalue weighted by Gasteiger charge is 2.04. The predicted octanol–water partition coefficient (Wildman–Crippen LogP) is 1.62. The molecule has 1 aromatic carbocycles. The number of nitrogens with zero attached hydrogens (tertiary/aromatic N) is 1. The van der Waals surface area contributed by atoms with Crippen LogP contribution in [0, 0.1) is 0 Å². The van der Waals surface area contributed by atoms with E-state index < -0.39 is 0 Å². The Morgan fingerprint density at radius 3 is 2.79 bits per heavy atom. The Morgan fingerprint density at radius 2 is 2.08 bits per heavy atom. The summed E-state index contributed by atoms with van der Waals surface area (Å²) < 4.78 is 10.7. The van der Waals surface area contributed by atoms with Gasteiger partial charge in [-0.15, -0.1) is 0 Å². The first-order valence-electron chi connectivity index (χ1n) is 8.15. The first-order valence-corrected chi connectivity index (χ1v) is 8.15. The Bertz CT molecular complexity index is 520. The summed E-state index contributed by atoms with van der Waals surface area (Å²) in [7, 11) is 3.33. The van der Waals surface area contributed by atoms with Crippen LogP contribution in [-0.2, 0) is 9.53 Å². The van der Waals surface area contributed by atoms with E-state index in [2.05, 4.69) is 20.9 Å². The maximum absolute atomic E-state index is 11.6. The lowest BCUT2D eigenvalue weighted by Crippen LogP contribution is -2.40. The van der Waals surface area contributed by atoms with E-state index in [-0.39, 0.29) is 12.5 Å². The molecule has 1 aromatic rings. The average Bonchev–Trinajstić information content (AvgIpc) is 2.60. The minimum atomic E-state index is -0.0602. The fourth-order valence-corrected chi connectivity index (χ4v) is 1.86. The van der Waals surface area contributed by atoms with Crippen molar-refractivity contribution in [1.29, 1.82) is 0 Å². The molecule has 0 spiro atoms. The number of rotatable bonds is 10. The van der Waals surface area contributed by atoms with Gasteiger partial charge in [-0.1, -0.05) is 13.0 Å². The molecular formula is C17H28N4O3. The fraction of sp³-hybridized carbons (Fsp3) is 0.529. The lowest BCUT2D eigenvalue weighted by Gasteiger charge is -2.13. The molecule has 134 valence electrons. The van der Waals surface area contributed by atoms with Crippen molar-refractivity contribution in [3.63, 3.8) is 0 Å². The van der Waals surface area contributed by atoms with Gasteiger partial charge in [0.1, 0.15) is 5.75 Å². The molecule has 0 aliphatic rings. The zero-order valence-corrected chi connectivity index (χ0v) is 14.7. The van der Waals surface area contributed by atoms with Crippen LogP contribution >= 0.6 is 0 Å². The zero-order chi connectivity index (χ0) is 17.6. The third-order valence-electron chi connectivity index (χ3n) is 3.07. The summed E-state index contributed by atoms with van der Waals surface area (Å²) in [6, 6.07) is 7.59. The van der Waals surface area contributed by atoms with Crippen LogP contribution in [0.4, 0.5) is 5.69 Å². The van der Waals surface area contributed by atoms with Crippen molar-refractivity contribution >= 4 is 17.6 Å². The first kappa shape index (κ1) is 19.8. The van der Waals surface area contributed by atoms with Gasteiger partial charge in [0.2, 0.25) is 5.91 Å². The van der Waals surface area contributed by atoms with Crippen LogP contribution in [-0.4, -0.2) is 52.3 Å². The van der Waals surface area contributed by atoms with Crippen LogP contribution in [0.2, 0.25) is 0 Å². The molecule has 24 heavy (non-hydrogen) atoms. The number of amides is 1. The maximum Gasteiger partial charge on any atom is 0.239 e. The Kier molecular flexibility index (Phi) is 10.0. The van der Waals surface area contributed by atoms with E-state index in [0.717, 1.165) is 24.3 Å². The van der Waals surface area contributed by atoms with Crippen LogP contribution in [0.5, 0.6) is 5.75 Å². The van der Waals surface area contributed by atoms with E-state index in [4.69, 9.17) is 9.47 Å². The van der Waals surface area contributed by atoms with Crippen molar-refractivity contribution in [2.45, 2.75) is 19.8 Å². The summed E-state index contributed by atoms with van der Waals surface area (Å²) in [6.07, 6.45) is 1.75. The average molecular weight is 336 g/mol. The lowest BCUT2D eigenvalue weighted by molar-refractivity contribution is -0.119. The normalized spacial score (nSPS) is 11.0. The van der Waals surface area contributed by atoms with Gasteiger partial charge in [0, 0.05) is 45.5 Å². The van der Waals surface area contributed by atoms with Gasteiger partial charge in [0.25, 0.3) is 0 Å². The molecule has 0 bridgehead atoms. The van der Waals surface area contributed by atoms with Crippen LogP contribution in [0.25, 0.3) is 0 Å². The number of aliphatic imine (C=N–C) groups is 1. The molecule has 0 heterocycles. The second-order valence-electron chi connectivity index (χ2n) is 5.12. The number of carbonyl (C=O) groups is 1. The minimum absolute atomic E-state index is 0.0602. The van der Waals surface area contributed by atoms with Crippen molar-refractivity contribution in [3.8, 4) is 5.75 Å².